The Balaban J connectivity index is 1.07. The fraction of sp³-hybridized carbons (Fsp3) is 0. The molecule has 0 bridgehead atoms. The van der Waals surface area contributed by atoms with Gasteiger partial charge in [0.1, 0.15) is 0 Å². The highest BCUT2D eigenvalue weighted by atomic mass is 32.2. The van der Waals surface area contributed by atoms with E-state index < -0.39 is 0 Å². The van der Waals surface area contributed by atoms with Crippen molar-refractivity contribution in [2.24, 2.45) is 0 Å². The summed E-state index contributed by atoms with van der Waals surface area (Å²) < 4.78 is 2.28. The van der Waals surface area contributed by atoms with Crippen LogP contribution in [-0.4, -0.2) is 14.5 Å². The molecule has 9 aromatic carbocycles. The standard InChI is InChI=1S/C54H34N4S/c1-3-14-35(15-4-1)37-17-13-18-40(32-37)53-43-22-9-10-23-45(43)55-54(56-53)58-48-31-27-36-16-7-8-21-42(36)52(48)44-29-26-38(33-49(44)58)39-28-30-47-51(34-39)59-50-25-12-11-24-46(50)57(47)41-19-5-2-6-20-41/h1-34H. The molecule has 2 aromatic heterocycles. The van der Waals surface area contributed by atoms with Gasteiger partial charge in [-0.1, -0.05) is 157 Å². The summed E-state index contributed by atoms with van der Waals surface area (Å²) in [6.45, 7) is 0. The van der Waals surface area contributed by atoms with E-state index in [9.17, 15) is 0 Å². The zero-order valence-corrected chi connectivity index (χ0v) is 32.6. The summed E-state index contributed by atoms with van der Waals surface area (Å²) in [5, 5.41) is 5.80. The van der Waals surface area contributed by atoms with Crippen molar-refractivity contribution in [3.05, 3.63) is 206 Å². The number of fused-ring (bicyclic) bond motifs is 8. The SMILES string of the molecule is c1ccc(-c2cccc(-c3nc(-n4c5cc(-c6ccc7c(c6)Sc6ccccc6N7c6ccccc6)ccc5c5c6ccccc6ccc54)nc4ccccc34)c2)cc1. The molecule has 0 aliphatic carbocycles. The van der Waals surface area contributed by atoms with Crippen LogP contribution >= 0.6 is 11.8 Å². The van der Waals surface area contributed by atoms with Crippen molar-refractivity contribution in [1.29, 1.82) is 0 Å². The summed E-state index contributed by atoms with van der Waals surface area (Å²) in [5.41, 5.74) is 13.1. The summed E-state index contributed by atoms with van der Waals surface area (Å²) >= 11 is 1.83. The van der Waals surface area contributed by atoms with Crippen molar-refractivity contribution < 1.29 is 0 Å². The Hall–Kier alpha value is -7.47. The van der Waals surface area contributed by atoms with Gasteiger partial charge in [-0.3, -0.25) is 4.57 Å². The summed E-state index contributed by atoms with van der Waals surface area (Å²) in [6, 6.07) is 73.8. The first kappa shape index (κ1) is 33.6. The van der Waals surface area contributed by atoms with Crippen LogP contribution in [0.25, 0.3) is 82.9 Å². The predicted molar refractivity (Wildman–Crippen MR) is 246 cm³/mol. The van der Waals surface area contributed by atoms with E-state index in [0.717, 1.165) is 55.6 Å². The van der Waals surface area contributed by atoms with Crippen LogP contribution in [0.2, 0.25) is 0 Å². The molecule has 0 spiro atoms. The van der Waals surface area contributed by atoms with E-state index in [1.807, 2.05) is 11.8 Å². The zero-order valence-electron chi connectivity index (χ0n) is 31.8. The van der Waals surface area contributed by atoms with Gasteiger partial charge in [0, 0.05) is 37.2 Å². The first-order valence-corrected chi connectivity index (χ1v) is 20.7. The number of aromatic nitrogens is 3. The highest BCUT2D eigenvalue weighted by Crippen LogP contribution is 2.52. The van der Waals surface area contributed by atoms with E-state index in [1.54, 1.807) is 0 Å². The third-order valence-electron chi connectivity index (χ3n) is 11.6. The van der Waals surface area contributed by atoms with Gasteiger partial charge in [0.05, 0.1) is 33.6 Å². The maximum absolute atomic E-state index is 5.49. The Morgan fingerprint density at radius 2 is 1.07 bits per heavy atom. The lowest BCUT2D eigenvalue weighted by Crippen LogP contribution is -2.14. The monoisotopic (exact) mass is 770 g/mol. The third-order valence-corrected chi connectivity index (χ3v) is 12.7. The van der Waals surface area contributed by atoms with Crippen molar-refractivity contribution in [3.8, 4) is 39.5 Å². The molecular formula is C54H34N4S. The maximum atomic E-state index is 5.49. The second-order valence-corrected chi connectivity index (χ2v) is 16.1. The second kappa shape index (κ2) is 13.6. The van der Waals surface area contributed by atoms with Gasteiger partial charge in [0.2, 0.25) is 5.95 Å². The molecule has 0 N–H and O–H groups in total. The van der Waals surface area contributed by atoms with Crippen molar-refractivity contribution >= 4 is 72.3 Å². The number of nitrogens with zero attached hydrogens (tertiary/aromatic N) is 4. The van der Waals surface area contributed by atoms with E-state index in [4.69, 9.17) is 9.97 Å². The molecule has 0 atom stereocenters. The largest absolute Gasteiger partial charge is 0.308 e. The van der Waals surface area contributed by atoms with Gasteiger partial charge in [-0.2, -0.15) is 0 Å². The van der Waals surface area contributed by atoms with Crippen molar-refractivity contribution in [2.75, 3.05) is 4.90 Å². The molecule has 3 heterocycles. The minimum atomic E-state index is 0.646. The van der Waals surface area contributed by atoms with Crippen LogP contribution in [0, 0.1) is 0 Å². The lowest BCUT2D eigenvalue weighted by molar-refractivity contribution is 1.01. The lowest BCUT2D eigenvalue weighted by atomic mass is 10.00. The molecule has 0 unspecified atom stereocenters. The van der Waals surface area contributed by atoms with Crippen LogP contribution in [0.5, 0.6) is 0 Å². The average Bonchev–Trinajstić information content (AvgIpc) is 3.65. The van der Waals surface area contributed by atoms with Gasteiger partial charge in [-0.05, 0) is 93.7 Å². The van der Waals surface area contributed by atoms with Gasteiger partial charge < -0.3 is 4.90 Å². The summed E-state index contributed by atoms with van der Waals surface area (Å²) in [7, 11) is 0. The molecule has 5 heteroatoms. The highest BCUT2D eigenvalue weighted by molar-refractivity contribution is 7.99. The Morgan fingerprint density at radius 1 is 0.390 bits per heavy atom. The number of benzene rings is 9. The molecule has 0 saturated heterocycles. The van der Waals surface area contributed by atoms with Crippen LogP contribution < -0.4 is 4.90 Å². The highest BCUT2D eigenvalue weighted by Gasteiger charge is 2.26. The van der Waals surface area contributed by atoms with Crippen LogP contribution in [0.15, 0.2) is 216 Å². The molecule has 1 aliphatic heterocycles. The number of hydrogen-bond donors (Lipinski definition) is 0. The van der Waals surface area contributed by atoms with Gasteiger partial charge in [-0.25, -0.2) is 9.97 Å². The predicted octanol–water partition coefficient (Wildman–Crippen LogP) is 14.8. The number of rotatable bonds is 5. The molecule has 0 fully saturated rings. The molecule has 59 heavy (non-hydrogen) atoms. The van der Waals surface area contributed by atoms with Gasteiger partial charge >= 0.3 is 0 Å². The minimum absolute atomic E-state index is 0.646. The van der Waals surface area contributed by atoms with Crippen molar-refractivity contribution in [1.82, 2.24) is 14.5 Å². The smallest absolute Gasteiger partial charge is 0.235 e. The number of hydrogen-bond acceptors (Lipinski definition) is 4. The Labute approximate surface area is 345 Å². The van der Waals surface area contributed by atoms with E-state index in [-0.39, 0.29) is 0 Å². The number of para-hydroxylation sites is 3. The van der Waals surface area contributed by atoms with Crippen LogP contribution in [-0.2, 0) is 0 Å². The Kier molecular flexibility index (Phi) is 7.75. The van der Waals surface area contributed by atoms with Crippen LogP contribution in [0.4, 0.5) is 17.1 Å². The molecule has 276 valence electrons. The second-order valence-electron chi connectivity index (χ2n) is 15.0. The quantitative estimate of drug-likeness (QED) is 0.175. The molecule has 0 saturated carbocycles. The van der Waals surface area contributed by atoms with Gasteiger partial charge in [0.25, 0.3) is 0 Å². The lowest BCUT2D eigenvalue weighted by Gasteiger charge is -2.33. The molecule has 11 aromatic rings. The first-order valence-electron chi connectivity index (χ1n) is 19.9. The van der Waals surface area contributed by atoms with Crippen molar-refractivity contribution in [2.45, 2.75) is 9.79 Å². The molecule has 0 amide bonds. The molecule has 0 radical (unpaired) electrons. The Bertz CT molecular complexity index is 3430. The maximum Gasteiger partial charge on any atom is 0.235 e. The van der Waals surface area contributed by atoms with E-state index in [1.165, 1.54) is 48.3 Å². The van der Waals surface area contributed by atoms with E-state index >= 15 is 0 Å². The van der Waals surface area contributed by atoms with Gasteiger partial charge in [0.15, 0.2) is 0 Å². The molecule has 12 rings (SSSR count). The fourth-order valence-corrected chi connectivity index (χ4v) is 9.93. The zero-order chi connectivity index (χ0) is 38.9. The summed E-state index contributed by atoms with van der Waals surface area (Å²) in [6.07, 6.45) is 0. The number of anilines is 3. The van der Waals surface area contributed by atoms with Crippen LogP contribution in [0.3, 0.4) is 0 Å². The normalized spacial score (nSPS) is 12.3. The molecule has 4 nitrogen and oxygen atoms in total. The van der Waals surface area contributed by atoms with E-state index in [0.29, 0.717) is 5.95 Å². The molecular weight excluding hydrogens is 737 g/mol. The Morgan fingerprint density at radius 3 is 1.97 bits per heavy atom. The minimum Gasteiger partial charge on any atom is -0.308 e. The third kappa shape index (κ3) is 5.54. The van der Waals surface area contributed by atoms with Crippen molar-refractivity contribution in [3.63, 3.8) is 0 Å². The van der Waals surface area contributed by atoms with Crippen LogP contribution in [0.1, 0.15) is 0 Å². The van der Waals surface area contributed by atoms with E-state index in [2.05, 4.69) is 216 Å². The topological polar surface area (TPSA) is 34.0 Å². The van der Waals surface area contributed by atoms with Gasteiger partial charge in [-0.15, -0.1) is 0 Å². The molecule has 1 aliphatic rings. The summed E-state index contributed by atoms with van der Waals surface area (Å²) in [5.74, 6) is 0.646. The fourth-order valence-electron chi connectivity index (χ4n) is 8.84. The summed E-state index contributed by atoms with van der Waals surface area (Å²) in [4.78, 5) is 15.7. The first-order chi connectivity index (χ1) is 29.2. The average molecular weight is 771 g/mol.